The van der Waals surface area contributed by atoms with E-state index in [1.165, 1.54) is 32.5 Å². The molecule has 1 aliphatic heterocycles. The topological polar surface area (TPSA) is 3.24 Å². The van der Waals surface area contributed by atoms with Gasteiger partial charge in [-0.15, -0.1) is 0 Å². The molecule has 0 amide bonds. The molecule has 1 rings (SSSR count). The zero-order valence-corrected chi connectivity index (χ0v) is 12.5. The minimum atomic E-state index is 0.925. The second-order valence-electron chi connectivity index (χ2n) is 3.97. The zero-order valence-electron chi connectivity index (χ0n) is 11.6. The molecule has 0 radical (unpaired) electrons. The maximum Gasteiger partial charge on any atom is 0.000966 e. The third kappa shape index (κ3) is 8.15. The van der Waals surface area contributed by atoms with Gasteiger partial charge in [0.05, 0.1) is 0 Å². The summed E-state index contributed by atoms with van der Waals surface area (Å²) in [6, 6.07) is 0. The van der Waals surface area contributed by atoms with Crippen molar-refractivity contribution in [3.8, 4) is 0 Å². The van der Waals surface area contributed by atoms with Crippen LogP contribution in [0.15, 0.2) is 0 Å². The summed E-state index contributed by atoms with van der Waals surface area (Å²) in [7, 11) is 0. The first-order chi connectivity index (χ1) is 7.26. The van der Waals surface area contributed by atoms with Crippen LogP contribution in [0.4, 0.5) is 0 Å². The third-order valence-electron chi connectivity index (χ3n) is 2.85. The van der Waals surface area contributed by atoms with Crippen LogP contribution in [-0.4, -0.2) is 30.8 Å². The number of hydrogen-bond acceptors (Lipinski definition) is 2. The smallest absolute Gasteiger partial charge is 0.000966 e. The number of likely N-dealkylation sites (tertiary alicyclic amines) is 1. The van der Waals surface area contributed by atoms with Gasteiger partial charge in [-0.25, -0.2) is 0 Å². The van der Waals surface area contributed by atoms with Crippen LogP contribution in [0.1, 0.15) is 47.5 Å². The standard InChI is InChI=1S/C10H21N.C2H6.CH4S/c1-4-10-6-9(3)7-11(5-2)8-10;2*1-2/h9-10H,4-8H2,1-3H3;1-2H3;2H,1H3. The van der Waals surface area contributed by atoms with Crippen LogP contribution in [0, 0.1) is 11.8 Å². The van der Waals surface area contributed by atoms with Gasteiger partial charge in [-0.2, -0.15) is 12.6 Å². The van der Waals surface area contributed by atoms with Crippen LogP contribution in [-0.2, 0) is 0 Å². The number of nitrogens with zero attached hydrogens (tertiary/aromatic N) is 1. The lowest BCUT2D eigenvalue weighted by atomic mass is 9.89. The Hall–Kier alpha value is 0.310. The van der Waals surface area contributed by atoms with Gasteiger partial charge in [0.1, 0.15) is 0 Å². The highest BCUT2D eigenvalue weighted by Crippen LogP contribution is 2.23. The van der Waals surface area contributed by atoms with Crippen molar-refractivity contribution in [2.24, 2.45) is 11.8 Å². The second kappa shape index (κ2) is 12.4. The predicted molar refractivity (Wildman–Crippen MR) is 75.9 cm³/mol. The number of thiol groups is 1. The summed E-state index contributed by atoms with van der Waals surface area (Å²) >= 11 is 3.53. The highest BCUT2D eigenvalue weighted by molar-refractivity contribution is 7.79. The van der Waals surface area contributed by atoms with Gasteiger partial charge in [-0.1, -0.05) is 41.0 Å². The molecule has 1 nitrogen and oxygen atoms in total. The molecular weight excluding hydrogens is 202 g/mol. The van der Waals surface area contributed by atoms with E-state index < -0.39 is 0 Å². The first kappa shape index (κ1) is 17.7. The van der Waals surface area contributed by atoms with E-state index >= 15 is 0 Å². The van der Waals surface area contributed by atoms with Crippen LogP contribution in [0.5, 0.6) is 0 Å². The molecule has 0 saturated carbocycles. The minimum absolute atomic E-state index is 0.925. The highest BCUT2D eigenvalue weighted by Gasteiger charge is 2.21. The summed E-state index contributed by atoms with van der Waals surface area (Å²) in [5.74, 6) is 1.90. The summed E-state index contributed by atoms with van der Waals surface area (Å²) in [6.45, 7) is 14.9. The molecule has 15 heavy (non-hydrogen) atoms. The molecule has 1 fully saturated rings. The van der Waals surface area contributed by atoms with Crippen LogP contribution in [0.25, 0.3) is 0 Å². The molecule has 1 aliphatic rings. The van der Waals surface area contributed by atoms with Crippen molar-refractivity contribution >= 4 is 12.6 Å². The van der Waals surface area contributed by atoms with E-state index in [1.54, 1.807) is 6.26 Å². The van der Waals surface area contributed by atoms with Gasteiger partial charge in [0.2, 0.25) is 0 Å². The van der Waals surface area contributed by atoms with E-state index in [4.69, 9.17) is 0 Å². The van der Waals surface area contributed by atoms with E-state index in [0.29, 0.717) is 0 Å². The summed E-state index contributed by atoms with van der Waals surface area (Å²) in [4.78, 5) is 2.59. The summed E-state index contributed by atoms with van der Waals surface area (Å²) < 4.78 is 0. The maximum atomic E-state index is 3.53. The fourth-order valence-corrected chi connectivity index (χ4v) is 2.15. The fraction of sp³-hybridized carbons (Fsp3) is 1.00. The minimum Gasteiger partial charge on any atom is -0.303 e. The summed E-state index contributed by atoms with van der Waals surface area (Å²) in [6.07, 6.45) is 4.51. The largest absolute Gasteiger partial charge is 0.303 e. The molecule has 94 valence electrons. The van der Waals surface area contributed by atoms with Crippen molar-refractivity contribution in [3.05, 3.63) is 0 Å². The average Bonchev–Trinajstić information content (AvgIpc) is 2.33. The molecule has 0 aliphatic carbocycles. The average molecular weight is 233 g/mol. The van der Waals surface area contributed by atoms with Crippen LogP contribution in [0.2, 0.25) is 0 Å². The summed E-state index contributed by atoms with van der Waals surface area (Å²) in [5.41, 5.74) is 0. The lowest BCUT2D eigenvalue weighted by molar-refractivity contribution is 0.136. The summed E-state index contributed by atoms with van der Waals surface area (Å²) in [5, 5.41) is 0. The lowest BCUT2D eigenvalue weighted by Crippen LogP contribution is -2.39. The quantitative estimate of drug-likeness (QED) is 0.707. The molecule has 0 aromatic carbocycles. The molecule has 1 heterocycles. The first-order valence-electron chi connectivity index (χ1n) is 6.43. The Kier molecular flexibility index (Phi) is 14.6. The van der Waals surface area contributed by atoms with Crippen molar-refractivity contribution < 1.29 is 0 Å². The first-order valence-corrected chi connectivity index (χ1v) is 7.32. The molecule has 0 aromatic heterocycles. The molecular formula is C13H31NS. The molecule has 0 aromatic rings. The molecule has 2 heteroatoms. The van der Waals surface area contributed by atoms with E-state index in [2.05, 4.69) is 38.3 Å². The van der Waals surface area contributed by atoms with Crippen molar-refractivity contribution in [1.82, 2.24) is 4.90 Å². The number of rotatable bonds is 2. The molecule has 2 unspecified atom stereocenters. The predicted octanol–water partition coefficient (Wildman–Crippen LogP) is 3.95. The van der Waals surface area contributed by atoms with Crippen LogP contribution >= 0.6 is 12.6 Å². The van der Waals surface area contributed by atoms with Gasteiger partial charge in [0.15, 0.2) is 0 Å². The Labute approximate surface area is 103 Å². The van der Waals surface area contributed by atoms with Gasteiger partial charge in [-0.05, 0) is 31.1 Å². The van der Waals surface area contributed by atoms with Crippen molar-refractivity contribution in [1.29, 1.82) is 0 Å². The van der Waals surface area contributed by atoms with E-state index in [0.717, 1.165) is 11.8 Å². The van der Waals surface area contributed by atoms with E-state index in [9.17, 15) is 0 Å². The van der Waals surface area contributed by atoms with Gasteiger partial charge in [-0.3, -0.25) is 0 Å². The molecule has 2 atom stereocenters. The number of hydrogen-bond donors (Lipinski definition) is 1. The Balaban J connectivity index is 0. The highest BCUT2D eigenvalue weighted by atomic mass is 32.1. The fourth-order valence-electron chi connectivity index (χ4n) is 2.15. The zero-order chi connectivity index (χ0) is 12.3. The molecule has 0 N–H and O–H groups in total. The SMILES string of the molecule is CC.CCC1CC(C)CN(CC)C1.CS. The lowest BCUT2D eigenvalue weighted by Gasteiger charge is -2.35. The normalized spacial score (nSPS) is 25.8. The van der Waals surface area contributed by atoms with Crippen molar-refractivity contribution in [2.75, 3.05) is 25.9 Å². The third-order valence-corrected chi connectivity index (χ3v) is 2.85. The maximum absolute atomic E-state index is 3.53. The van der Waals surface area contributed by atoms with Gasteiger partial charge in [0, 0.05) is 13.1 Å². The Bertz CT molecular complexity index is 105. The Morgan fingerprint density at radius 3 is 2.07 bits per heavy atom. The van der Waals surface area contributed by atoms with E-state index in [-0.39, 0.29) is 0 Å². The second-order valence-corrected chi connectivity index (χ2v) is 3.97. The van der Waals surface area contributed by atoms with Gasteiger partial charge >= 0.3 is 0 Å². The van der Waals surface area contributed by atoms with Gasteiger partial charge < -0.3 is 4.90 Å². The van der Waals surface area contributed by atoms with Crippen molar-refractivity contribution in [2.45, 2.75) is 47.5 Å². The number of piperidine rings is 1. The van der Waals surface area contributed by atoms with E-state index in [1.807, 2.05) is 13.8 Å². The molecule has 1 saturated heterocycles. The van der Waals surface area contributed by atoms with Crippen LogP contribution in [0.3, 0.4) is 0 Å². The van der Waals surface area contributed by atoms with Crippen LogP contribution < -0.4 is 0 Å². The Morgan fingerprint density at radius 2 is 1.67 bits per heavy atom. The van der Waals surface area contributed by atoms with Crippen molar-refractivity contribution in [3.63, 3.8) is 0 Å². The molecule has 0 bridgehead atoms. The molecule has 0 spiro atoms. The van der Waals surface area contributed by atoms with Gasteiger partial charge in [0.25, 0.3) is 0 Å². The Morgan fingerprint density at radius 1 is 1.13 bits per heavy atom. The monoisotopic (exact) mass is 233 g/mol.